The fourth-order valence-electron chi connectivity index (χ4n) is 1.23. The van der Waals surface area contributed by atoms with Gasteiger partial charge in [0, 0.05) is 6.07 Å². The summed E-state index contributed by atoms with van der Waals surface area (Å²) in [6.07, 6.45) is 0. The van der Waals surface area contributed by atoms with Gasteiger partial charge in [0.15, 0.2) is 5.82 Å². The number of rotatable bonds is 3. The van der Waals surface area contributed by atoms with Gasteiger partial charge in [0.05, 0.1) is 23.8 Å². The minimum Gasteiger partial charge on any atom is -0.375 e. The smallest absolute Gasteiger partial charge is 0.193 e. The molecule has 0 amide bonds. The minimum atomic E-state index is -0.554. The monoisotopic (exact) mass is 303 g/mol. The molecule has 0 bridgehead atoms. The first kappa shape index (κ1) is 11.9. The third-order valence-corrected chi connectivity index (χ3v) is 2.60. The standard InChI is InChI=1S/C9H8BrF2N5/c1-17-15-9(14-16-17)4-13-8-3-6(11)5(10)2-7(8)12/h2-3,13H,4H2,1H3. The van der Waals surface area contributed by atoms with E-state index in [9.17, 15) is 8.78 Å². The predicted molar refractivity (Wildman–Crippen MR) is 60.2 cm³/mol. The highest BCUT2D eigenvalue weighted by atomic mass is 79.9. The van der Waals surface area contributed by atoms with Crippen molar-refractivity contribution in [3.8, 4) is 0 Å². The molecule has 0 aliphatic rings. The van der Waals surface area contributed by atoms with Crippen molar-refractivity contribution < 1.29 is 8.78 Å². The van der Waals surface area contributed by atoms with Gasteiger partial charge >= 0.3 is 0 Å². The number of nitrogens with one attached hydrogen (secondary N) is 1. The second kappa shape index (κ2) is 4.74. The van der Waals surface area contributed by atoms with Crippen LogP contribution in [-0.4, -0.2) is 20.2 Å². The van der Waals surface area contributed by atoms with Gasteiger partial charge in [0.2, 0.25) is 0 Å². The molecule has 2 rings (SSSR count). The molecule has 1 heterocycles. The van der Waals surface area contributed by atoms with Crippen LogP contribution in [0.4, 0.5) is 14.5 Å². The van der Waals surface area contributed by atoms with Gasteiger partial charge in [0.25, 0.3) is 0 Å². The molecule has 1 N–H and O–H groups in total. The number of nitrogens with zero attached hydrogens (tertiary/aromatic N) is 4. The van der Waals surface area contributed by atoms with Crippen molar-refractivity contribution in [2.45, 2.75) is 6.54 Å². The quantitative estimate of drug-likeness (QED) is 0.880. The number of anilines is 1. The van der Waals surface area contributed by atoms with Crippen molar-refractivity contribution >= 4 is 21.6 Å². The van der Waals surface area contributed by atoms with Gasteiger partial charge in [-0.3, -0.25) is 0 Å². The predicted octanol–water partition coefficient (Wildman–Crippen LogP) is 1.86. The first-order valence-electron chi connectivity index (χ1n) is 4.67. The van der Waals surface area contributed by atoms with E-state index >= 15 is 0 Å². The van der Waals surface area contributed by atoms with Crippen molar-refractivity contribution in [3.05, 3.63) is 34.1 Å². The summed E-state index contributed by atoms with van der Waals surface area (Å²) in [5.41, 5.74) is 0.0538. The van der Waals surface area contributed by atoms with Crippen LogP contribution in [0.1, 0.15) is 5.82 Å². The van der Waals surface area contributed by atoms with Gasteiger partial charge in [-0.25, -0.2) is 8.78 Å². The van der Waals surface area contributed by atoms with Crippen LogP contribution in [0.15, 0.2) is 16.6 Å². The second-order valence-electron chi connectivity index (χ2n) is 3.29. The Morgan fingerprint density at radius 3 is 2.76 bits per heavy atom. The fourth-order valence-corrected chi connectivity index (χ4v) is 1.54. The third kappa shape index (κ3) is 2.76. The number of aryl methyl sites for hydroxylation is 1. The Bertz CT molecular complexity index is 542. The Kier molecular flexibility index (Phi) is 3.32. The SMILES string of the molecule is Cn1nnc(CNc2cc(F)c(Br)cc2F)n1. The summed E-state index contributed by atoms with van der Waals surface area (Å²) in [6.45, 7) is 0.172. The van der Waals surface area contributed by atoms with E-state index in [1.54, 1.807) is 7.05 Å². The summed E-state index contributed by atoms with van der Waals surface area (Å²) in [5.74, 6) is -0.696. The van der Waals surface area contributed by atoms with Crippen LogP contribution in [-0.2, 0) is 13.6 Å². The van der Waals surface area contributed by atoms with E-state index in [1.807, 2.05) is 0 Å². The lowest BCUT2D eigenvalue weighted by Gasteiger charge is -2.06. The largest absolute Gasteiger partial charge is 0.375 e. The van der Waals surface area contributed by atoms with Crippen molar-refractivity contribution in [3.63, 3.8) is 0 Å². The number of aromatic nitrogens is 4. The van der Waals surface area contributed by atoms with Crippen LogP contribution in [0, 0.1) is 11.6 Å². The molecule has 0 aliphatic carbocycles. The lowest BCUT2D eigenvalue weighted by Crippen LogP contribution is -2.04. The molecule has 0 fully saturated rings. The molecule has 0 atom stereocenters. The number of benzene rings is 1. The summed E-state index contributed by atoms with van der Waals surface area (Å²) in [6, 6.07) is 2.12. The van der Waals surface area contributed by atoms with Crippen LogP contribution in [0.5, 0.6) is 0 Å². The lowest BCUT2D eigenvalue weighted by molar-refractivity contribution is 0.596. The Hall–Kier alpha value is -1.57. The van der Waals surface area contributed by atoms with Crippen LogP contribution >= 0.6 is 15.9 Å². The maximum atomic E-state index is 13.4. The van der Waals surface area contributed by atoms with Crippen molar-refractivity contribution in [2.75, 3.05) is 5.32 Å². The van der Waals surface area contributed by atoms with Crippen LogP contribution < -0.4 is 5.32 Å². The van der Waals surface area contributed by atoms with E-state index in [2.05, 4.69) is 36.7 Å². The molecular formula is C9H8BrF2N5. The van der Waals surface area contributed by atoms with Crippen molar-refractivity contribution in [1.29, 1.82) is 0 Å². The minimum absolute atomic E-state index is 0.0538. The molecular weight excluding hydrogens is 296 g/mol. The van der Waals surface area contributed by atoms with E-state index in [-0.39, 0.29) is 16.7 Å². The van der Waals surface area contributed by atoms with Gasteiger partial charge in [-0.1, -0.05) is 0 Å². The first-order valence-corrected chi connectivity index (χ1v) is 5.47. The van der Waals surface area contributed by atoms with E-state index in [1.165, 1.54) is 4.80 Å². The van der Waals surface area contributed by atoms with E-state index in [0.29, 0.717) is 5.82 Å². The fraction of sp³-hybridized carbons (Fsp3) is 0.222. The molecule has 0 saturated heterocycles. The Labute approximate surface area is 104 Å². The molecule has 0 unspecified atom stereocenters. The maximum absolute atomic E-state index is 13.4. The molecule has 90 valence electrons. The summed E-state index contributed by atoms with van der Waals surface area (Å²) in [5, 5.41) is 13.9. The molecule has 1 aromatic carbocycles. The summed E-state index contributed by atoms with van der Waals surface area (Å²) in [7, 11) is 1.62. The second-order valence-corrected chi connectivity index (χ2v) is 4.15. The number of tetrazole rings is 1. The maximum Gasteiger partial charge on any atom is 0.193 e. The highest BCUT2D eigenvalue weighted by Gasteiger charge is 2.09. The lowest BCUT2D eigenvalue weighted by atomic mass is 10.3. The topological polar surface area (TPSA) is 55.6 Å². The van der Waals surface area contributed by atoms with Gasteiger partial charge in [-0.15, -0.1) is 10.2 Å². The third-order valence-electron chi connectivity index (χ3n) is 2.00. The first-order chi connectivity index (χ1) is 8.06. The molecule has 0 aliphatic heterocycles. The number of halogens is 3. The summed E-state index contributed by atoms with van der Waals surface area (Å²) < 4.78 is 26.7. The Morgan fingerprint density at radius 2 is 2.12 bits per heavy atom. The average Bonchev–Trinajstić information content (AvgIpc) is 2.68. The molecule has 0 saturated carbocycles. The summed E-state index contributed by atoms with van der Waals surface area (Å²) in [4.78, 5) is 1.29. The Morgan fingerprint density at radius 1 is 1.35 bits per heavy atom. The van der Waals surface area contributed by atoms with Crippen LogP contribution in [0.2, 0.25) is 0 Å². The van der Waals surface area contributed by atoms with Gasteiger partial charge in [0.1, 0.15) is 11.6 Å². The zero-order valence-corrected chi connectivity index (χ0v) is 10.4. The molecule has 2 aromatic rings. The molecule has 5 nitrogen and oxygen atoms in total. The van der Waals surface area contributed by atoms with Crippen LogP contribution in [0.3, 0.4) is 0 Å². The van der Waals surface area contributed by atoms with E-state index in [0.717, 1.165) is 12.1 Å². The summed E-state index contributed by atoms with van der Waals surface area (Å²) >= 11 is 2.90. The highest BCUT2D eigenvalue weighted by Crippen LogP contribution is 2.23. The average molecular weight is 304 g/mol. The zero-order valence-electron chi connectivity index (χ0n) is 8.78. The molecule has 0 spiro atoms. The van der Waals surface area contributed by atoms with E-state index in [4.69, 9.17) is 0 Å². The van der Waals surface area contributed by atoms with Gasteiger partial charge in [-0.2, -0.15) is 4.80 Å². The number of hydrogen-bond donors (Lipinski definition) is 1. The van der Waals surface area contributed by atoms with E-state index < -0.39 is 11.6 Å². The van der Waals surface area contributed by atoms with Gasteiger partial charge in [-0.05, 0) is 27.2 Å². The molecule has 0 radical (unpaired) electrons. The van der Waals surface area contributed by atoms with Crippen molar-refractivity contribution in [1.82, 2.24) is 20.2 Å². The Balaban J connectivity index is 2.11. The van der Waals surface area contributed by atoms with Crippen LogP contribution in [0.25, 0.3) is 0 Å². The number of hydrogen-bond acceptors (Lipinski definition) is 4. The zero-order chi connectivity index (χ0) is 12.4. The highest BCUT2D eigenvalue weighted by molar-refractivity contribution is 9.10. The normalized spacial score (nSPS) is 10.6. The molecule has 8 heteroatoms. The van der Waals surface area contributed by atoms with Gasteiger partial charge < -0.3 is 5.32 Å². The molecule has 1 aromatic heterocycles. The van der Waals surface area contributed by atoms with Crippen molar-refractivity contribution in [2.24, 2.45) is 7.05 Å². The molecule has 17 heavy (non-hydrogen) atoms.